The van der Waals surface area contributed by atoms with Gasteiger partial charge >= 0.3 is 0 Å². The summed E-state index contributed by atoms with van der Waals surface area (Å²) >= 11 is 0. The molecule has 1 heterocycles. The van der Waals surface area contributed by atoms with E-state index in [9.17, 15) is 8.42 Å². The van der Waals surface area contributed by atoms with Crippen LogP contribution in [0.4, 0.5) is 0 Å². The Morgan fingerprint density at radius 2 is 2.05 bits per heavy atom. The van der Waals surface area contributed by atoms with E-state index in [0.29, 0.717) is 17.7 Å². The van der Waals surface area contributed by atoms with Crippen molar-refractivity contribution in [3.63, 3.8) is 0 Å². The number of hydrogen-bond donors (Lipinski definition) is 1. The maximum absolute atomic E-state index is 12.9. The van der Waals surface area contributed by atoms with E-state index in [1.165, 1.54) is 6.07 Å². The van der Waals surface area contributed by atoms with Gasteiger partial charge in [-0.3, -0.25) is 0 Å². The quantitative estimate of drug-likeness (QED) is 0.917. The fourth-order valence-electron chi connectivity index (χ4n) is 2.79. The molecule has 0 atom stereocenters. The van der Waals surface area contributed by atoms with Crippen LogP contribution in [-0.2, 0) is 10.0 Å². The van der Waals surface area contributed by atoms with Gasteiger partial charge in [0.15, 0.2) is 0 Å². The van der Waals surface area contributed by atoms with Gasteiger partial charge in [0.1, 0.15) is 0 Å². The van der Waals surface area contributed by atoms with Gasteiger partial charge in [0.25, 0.3) is 0 Å². The van der Waals surface area contributed by atoms with Crippen molar-refractivity contribution >= 4 is 10.0 Å². The number of benzene rings is 1. The van der Waals surface area contributed by atoms with Crippen molar-refractivity contribution in [2.24, 2.45) is 0 Å². The molecular formula is C15H21N3O2S. The van der Waals surface area contributed by atoms with E-state index in [1.807, 2.05) is 13.0 Å². The second-order valence-electron chi connectivity index (χ2n) is 5.28. The number of aryl methyl sites for hydroxylation is 1. The van der Waals surface area contributed by atoms with E-state index < -0.39 is 10.0 Å². The second-order valence-corrected chi connectivity index (χ2v) is 7.14. The number of piperidine rings is 1. The van der Waals surface area contributed by atoms with E-state index in [4.69, 9.17) is 5.26 Å². The molecule has 6 heteroatoms. The largest absolute Gasteiger partial charge is 0.317 e. The van der Waals surface area contributed by atoms with Crippen molar-refractivity contribution in [2.75, 3.05) is 19.6 Å². The Kier molecular flexibility index (Phi) is 4.99. The maximum atomic E-state index is 12.9. The molecule has 1 aliphatic heterocycles. The van der Waals surface area contributed by atoms with E-state index in [1.54, 1.807) is 23.4 Å². The van der Waals surface area contributed by atoms with Gasteiger partial charge in [-0.15, -0.1) is 0 Å². The standard InChI is InChI=1S/C15H21N3O2S/c1-3-18(14-6-8-17-9-7-14)21(19,20)15-10-13(11-16)5-4-12(15)2/h4-5,10,14,17H,3,6-9H2,1-2H3. The molecule has 21 heavy (non-hydrogen) atoms. The van der Waals surface area contributed by atoms with Crippen molar-refractivity contribution in [3.05, 3.63) is 29.3 Å². The summed E-state index contributed by atoms with van der Waals surface area (Å²) in [5.41, 5.74) is 1.06. The fraction of sp³-hybridized carbons (Fsp3) is 0.533. The molecule has 0 saturated carbocycles. The van der Waals surface area contributed by atoms with Crippen LogP contribution in [0.15, 0.2) is 23.1 Å². The third-order valence-electron chi connectivity index (χ3n) is 3.93. The van der Waals surface area contributed by atoms with Crippen LogP contribution in [0.3, 0.4) is 0 Å². The summed E-state index contributed by atoms with van der Waals surface area (Å²) in [5, 5.41) is 12.2. The van der Waals surface area contributed by atoms with Crippen LogP contribution in [0, 0.1) is 18.3 Å². The molecule has 2 rings (SSSR count). The lowest BCUT2D eigenvalue weighted by Crippen LogP contribution is -2.46. The third kappa shape index (κ3) is 3.26. The molecule has 0 spiro atoms. The molecule has 0 aliphatic carbocycles. The van der Waals surface area contributed by atoms with Crippen molar-refractivity contribution in [1.29, 1.82) is 5.26 Å². The van der Waals surface area contributed by atoms with Crippen molar-refractivity contribution in [3.8, 4) is 6.07 Å². The van der Waals surface area contributed by atoms with E-state index >= 15 is 0 Å². The predicted molar refractivity (Wildman–Crippen MR) is 81.4 cm³/mol. The van der Waals surface area contributed by atoms with Gasteiger partial charge in [0, 0.05) is 12.6 Å². The maximum Gasteiger partial charge on any atom is 0.243 e. The topological polar surface area (TPSA) is 73.2 Å². The number of sulfonamides is 1. The summed E-state index contributed by atoms with van der Waals surface area (Å²) < 4.78 is 27.5. The molecule has 0 unspecified atom stereocenters. The van der Waals surface area contributed by atoms with Gasteiger partial charge in [-0.2, -0.15) is 9.57 Å². The molecule has 1 aromatic carbocycles. The lowest BCUT2D eigenvalue weighted by atomic mass is 10.1. The minimum absolute atomic E-state index is 0.0337. The summed E-state index contributed by atoms with van der Waals surface area (Å²) in [4.78, 5) is 0.252. The molecular weight excluding hydrogens is 286 g/mol. The third-order valence-corrected chi connectivity index (χ3v) is 6.10. The Morgan fingerprint density at radius 3 is 2.62 bits per heavy atom. The molecule has 5 nitrogen and oxygen atoms in total. The summed E-state index contributed by atoms with van der Waals surface area (Å²) in [6.07, 6.45) is 1.65. The van der Waals surface area contributed by atoms with Crippen LogP contribution in [-0.4, -0.2) is 38.4 Å². The Hall–Kier alpha value is -1.42. The zero-order chi connectivity index (χ0) is 15.5. The highest BCUT2D eigenvalue weighted by Gasteiger charge is 2.32. The Balaban J connectivity index is 2.41. The lowest BCUT2D eigenvalue weighted by molar-refractivity contribution is 0.270. The average Bonchev–Trinajstić information content (AvgIpc) is 2.49. The normalized spacial score (nSPS) is 16.9. The molecule has 0 aromatic heterocycles. The van der Waals surface area contributed by atoms with E-state index in [0.717, 1.165) is 25.9 Å². The highest BCUT2D eigenvalue weighted by Crippen LogP contribution is 2.25. The van der Waals surface area contributed by atoms with Crippen molar-refractivity contribution in [2.45, 2.75) is 37.6 Å². The van der Waals surface area contributed by atoms with Crippen LogP contribution in [0.2, 0.25) is 0 Å². The summed E-state index contributed by atoms with van der Waals surface area (Å²) in [6.45, 7) is 5.76. The van der Waals surface area contributed by atoms with Crippen molar-refractivity contribution in [1.82, 2.24) is 9.62 Å². The smallest absolute Gasteiger partial charge is 0.243 e. The summed E-state index contributed by atoms with van der Waals surface area (Å²) in [5.74, 6) is 0. The fourth-order valence-corrected chi connectivity index (χ4v) is 4.74. The van der Waals surface area contributed by atoms with Gasteiger partial charge in [-0.05, 0) is 50.6 Å². The number of rotatable bonds is 4. The van der Waals surface area contributed by atoms with Gasteiger partial charge in [0.05, 0.1) is 16.5 Å². The molecule has 0 bridgehead atoms. The Bertz CT molecular complexity index is 643. The molecule has 0 amide bonds. The van der Waals surface area contributed by atoms with E-state index in [2.05, 4.69) is 5.32 Å². The molecule has 1 aliphatic rings. The molecule has 0 radical (unpaired) electrons. The van der Waals surface area contributed by atoms with E-state index in [-0.39, 0.29) is 10.9 Å². The minimum atomic E-state index is -3.56. The van der Waals surface area contributed by atoms with Crippen LogP contribution in [0.25, 0.3) is 0 Å². The number of nitrogens with zero attached hydrogens (tertiary/aromatic N) is 2. The highest BCUT2D eigenvalue weighted by atomic mass is 32.2. The lowest BCUT2D eigenvalue weighted by Gasteiger charge is -2.33. The van der Waals surface area contributed by atoms with Gasteiger partial charge < -0.3 is 5.32 Å². The molecule has 1 N–H and O–H groups in total. The monoisotopic (exact) mass is 307 g/mol. The number of nitriles is 1. The Morgan fingerprint density at radius 1 is 1.38 bits per heavy atom. The Labute approximate surface area is 126 Å². The minimum Gasteiger partial charge on any atom is -0.317 e. The predicted octanol–water partition coefficient (Wildman–Crippen LogP) is 1.63. The first kappa shape index (κ1) is 16.0. The van der Waals surface area contributed by atoms with Crippen molar-refractivity contribution < 1.29 is 8.42 Å². The zero-order valence-corrected chi connectivity index (χ0v) is 13.3. The summed E-state index contributed by atoms with van der Waals surface area (Å²) in [6, 6.07) is 6.87. The first-order valence-electron chi connectivity index (χ1n) is 7.24. The second kappa shape index (κ2) is 6.56. The average molecular weight is 307 g/mol. The highest BCUT2D eigenvalue weighted by molar-refractivity contribution is 7.89. The SMILES string of the molecule is CCN(C1CCNCC1)S(=O)(=O)c1cc(C#N)ccc1C. The van der Waals surface area contributed by atoms with Gasteiger partial charge in [0.2, 0.25) is 10.0 Å². The van der Waals surface area contributed by atoms with Crippen LogP contribution in [0.1, 0.15) is 30.9 Å². The van der Waals surface area contributed by atoms with Gasteiger partial charge in [-0.25, -0.2) is 8.42 Å². The van der Waals surface area contributed by atoms with Crippen LogP contribution >= 0.6 is 0 Å². The first-order valence-corrected chi connectivity index (χ1v) is 8.68. The molecule has 1 aromatic rings. The van der Waals surface area contributed by atoms with Crippen LogP contribution < -0.4 is 5.32 Å². The zero-order valence-electron chi connectivity index (χ0n) is 12.5. The number of nitrogens with one attached hydrogen (secondary N) is 1. The summed E-state index contributed by atoms with van der Waals surface area (Å²) in [7, 11) is -3.56. The molecule has 1 saturated heterocycles. The first-order chi connectivity index (χ1) is 10.0. The number of hydrogen-bond acceptors (Lipinski definition) is 4. The van der Waals surface area contributed by atoms with Crippen LogP contribution in [0.5, 0.6) is 0 Å². The molecule has 114 valence electrons. The molecule has 1 fully saturated rings. The van der Waals surface area contributed by atoms with Gasteiger partial charge in [-0.1, -0.05) is 13.0 Å².